The molecule has 2 aromatic rings. The van der Waals surface area contributed by atoms with Crippen LogP contribution in [-0.2, 0) is 16.1 Å². The molecule has 1 amide bonds. The number of ketones is 1. The summed E-state index contributed by atoms with van der Waals surface area (Å²) in [6.45, 7) is 7.10. The molecule has 1 N–H and O–H groups in total. The maximum atomic E-state index is 13.1. The second-order valence-electron chi connectivity index (χ2n) is 6.50. The van der Waals surface area contributed by atoms with E-state index in [-0.39, 0.29) is 49.3 Å². The highest BCUT2D eigenvalue weighted by Gasteiger charge is 2.25. The second kappa shape index (κ2) is 9.30. The molecule has 7 heteroatoms. The Balaban J connectivity index is 2.25. The van der Waals surface area contributed by atoms with Crippen LogP contribution in [0.15, 0.2) is 24.3 Å². The summed E-state index contributed by atoms with van der Waals surface area (Å²) in [6, 6.07) is 5.80. The number of ether oxygens (including phenoxy) is 1. The van der Waals surface area contributed by atoms with Crippen molar-refractivity contribution in [2.24, 2.45) is 0 Å². The van der Waals surface area contributed by atoms with Gasteiger partial charge in [-0.3, -0.25) is 9.59 Å². The van der Waals surface area contributed by atoms with Gasteiger partial charge in [0.15, 0.2) is 5.78 Å². The number of H-pyrrole nitrogens is 1. The fraction of sp³-hybridized carbons (Fsp3) is 0.381. The van der Waals surface area contributed by atoms with Gasteiger partial charge < -0.3 is 14.6 Å². The summed E-state index contributed by atoms with van der Waals surface area (Å²) >= 11 is 0. The van der Waals surface area contributed by atoms with Gasteiger partial charge >= 0.3 is 5.97 Å². The number of nitrogens with one attached hydrogen (secondary N) is 1. The zero-order valence-electron chi connectivity index (χ0n) is 16.6. The predicted molar refractivity (Wildman–Crippen MR) is 103 cm³/mol. The maximum absolute atomic E-state index is 13.1. The summed E-state index contributed by atoms with van der Waals surface area (Å²) in [5.74, 6) is -1.34. The summed E-state index contributed by atoms with van der Waals surface area (Å²) in [6.07, 6.45) is 0.244. The minimum atomic E-state index is -0.519. The molecule has 0 fully saturated rings. The molecule has 0 spiro atoms. The van der Waals surface area contributed by atoms with Crippen LogP contribution in [0.25, 0.3) is 0 Å². The highest BCUT2D eigenvalue weighted by Crippen LogP contribution is 2.20. The first-order chi connectivity index (χ1) is 13.3. The molecule has 28 heavy (non-hydrogen) atoms. The van der Waals surface area contributed by atoms with Crippen molar-refractivity contribution in [3.05, 3.63) is 58.2 Å². The Hall–Kier alpha value is -2.96. The fourth-order valence-corrected chi connectivity index (χ4v) is 3.09. The topological polar surface area (TPSA) is 79.5 Å². The quantitative estimate of drug-likeness (QED) is 0.554. The van der Waals surface area contributed by atoms with Crippen molar-refractivity contribution in [3.8, 4) is 0 Å². The van der Waals surface area contributed by atoms with Gasteiger partial charge in [-0.15, -0.1) is 0 Å². The van der Waals surface area contributed by atoms with E-state index in [1.54, 1.807) is 39.8 Å². The molecule has 0 atom stereocenters. The molecule has 0 aliphatic carbocycles. The zero-order chi connectivity index (χ0) is 20.8. The monoisotopic (exact) mass is 388 g/mol. The van der Waals surface area contributed by atoms with E-state index in [1.165, 1.54) is 17.0 Å². The Kier molecular flexibility index (Phi) is 7.09. The predicted octanol–water partition coefficient (Wildman–Crippen LogP) is 3.57. The first-order valence-corrected chi connectivity index (χ1v) is 9.20. The summed E-state index contributed by atoms with van der Waals surface area (Å²) in [5.41, 5.74) is 2.42. The molecule has 0 bridgehead atoms. The summed E-state index contributed by atoms with van der Waals surface area (Å²) < 4.78 is 18.1. The lowest BCUT2D eigenvalue weighted by molar-refractivity contribution is -0.131. The highest BCUT2D eigenvalue weighted by molar-refractivity contribution is 6.04. The van der Waals surface area contributed by atoms with Crippen LogP contribution in [0.4, 0.5) is 4.39 Å². The van der Waals surface area contributed by atoms with Crippen LogP contribution in [0, 0.1) is 19.7 Å². The number of nitrogens with zero attached hydrogens (tertiary/aromatic N) is 1. The lowest BCUT2D eigenvalue weighted by Crippen LogP contribution is -2.35. The van der Waals surface area contributed by atoms with Crippen LogP contribution in [0.2, 0.25) is 0 Å². The second-order valence-corrected chi connectivity index (χ2v) is 6.50. The van der Waals surface area contributed by atoms with Crippen molar-refractivity contribution in [1.82, 2.24) is 9.88 Å². The minimum Gasteiger partial charge on any atom is -0.461 e. The molecule has 6 nitrogen and oxygen atoms in total. The van der Waals surface area contributed by atoms with Crippen molar-refractivity contribution in [1.29, 1.82) is 0 Å². The number of rotatable bonds is 8. The number of aryl methyl sites for hydroxylation is 1. The van der Waals surface area contributed by atoms with Gasteiger partial charge in [-0.1, -0.05) is 19.1 Å². The molecular formula is C21H25FN2O4. The normalized spacial score (nSPS) is 10.6. The molecule has 0 unspecified atom stereocenters. The number of carbonyl (C=O) groups is 3. The van der Waals surface area contributed by atoms with Gasteiger partial charge in [0.05, 0.1) is 13.2 Å². The van der Waals surface area contributed by atoms with Gasteiger partial charge in [0, 0.05) is 24.2 Å². The van der Waals surface area contributed by atoms with Crippen LogP contribution >= 0.6 is 0 Å². The number of Topliss-reactive ketones (excluding diaryl/α,β-unsaturated/α-hetero) is 1. The standard InChI is InChI=1S/C21H25FN2O4/c1-5-18(26)24(11-15-7-9-16(22)10-8-15)12-17(25)19-13(3)20(23-14(19)4)21(27)28-6-2/h7-10,23H,5-6,11-12H2,1-4H3. The first kappa shape index (κ1) is 21.3. The molecule has 0 aliphatic heterocycles. The largest absolute Gasteiger partial charge is 0.461 e. The third-order valence-electron chi connectivity index (χ3n) is 4.47. The van der Waals surface area contributed by atoms with Crippen molar-refractivity contribution >= 4 is 17.7 Å². The van der Waals surface area contributed by atoms with E-state index in [2.05, 4.69) is 4.98 Å². The Morgan fingerprint density at radius 3 is 2.32 bits per heavy atom. The van der Waals surface area contributed by atoms with Gasteiger partial charge in [-0.2, -0.15) is 0 Å². The van der Waals surface area contributed by atoms with Crippen molar-refractivity contribution in [2.75, 3.05) is 13.2 Å². The van der Waals surface area contributed by atoms with Gasteiger partial charge in [0.25, 0.3) is 0 Å². The lowest BCUT2D eigenvalue weighted by atomic mass is 10.0. The van der Waals surface area contributed by atoms with E-state index in [0.29, 0.717) is 16.8 Å². The number of esters is 1. The van der Waals surface area contributed by atoms with Crippen LogP contribution < -0.4 is 0 Å². The zero-order valence-corrected chi connectivity index (χ0v) is 16.6. The molecule has 0 radical (unpaired) electrons. The molecule has 150 valence electrons. The Morgan fingerprint density at radius 1 is 1.11 bits per heavy atom. The van der Waals surface area contributed by atoms with E-state index in [9.17, 15) is 18.8 Å². The SMILES string of the molecule is CCOC(=O)c1[nH]c(C)c(C(=O)CN(Cc2ccc(F)cc2)C(=O)CC)c1C. The van der Waals surface area contributed by atoms with Crippen LogP contribution in [0.1, 0.15) is 57.9 Å². The van der Waals surface area contributed by atoms with E-state index in [1.807, 2.05) is 0 Å². The number of hydrogen-bond acceptors (Lipinski definition) is 4. The third-order valence-corrected chi connectivity index (χ3v) is 4.47. The average Bonchev–Trinajstić information content (AvgIpc) is 2.96. The van der Waals surface area contributed by atoms with E-state index < -0.39 is 5.97 Å². The fourth-order valence-electron chi connectivity index (χ4n) is 3.09. The number of hydrogen-bond donors (Lipinski definition) is 1. The molecule has 0 aliphatic rings. The third kappa shape index (κ3) is 4.85. The van der Waals surface area contributed by atoms with Crippen LogP contribution in [-0.4, -0.2) is 40.7 Å². The molecule has 0 saturated heterocycles. The number of aromatic amines is 1. The van der Waals surface area contributed by atoms with Gasteiger partial charge in [0.1, 0.15) is 11.5 Å². The molecule has 2 rings (SSSR count). The molecular weight excluding hydrogens is 363 g/mol. The van der Waals surface area contributed by atoms with Gasteiger partial charge in [-0.25, -0.2) is 9.18 Å². The highest BCUT2D eigenvalue weighted by atomic mass is 19.1. The maximum Gasteiger partial charge on any atom is 0.355 e. The van der Waals surface area contributed by atoms with Crippen LogP contribution in [0.3, 0.4) is 0 Å². The molecule has 1 aromatic heterocycles. The molecule has 0 saturated carbocycles. The van der Waals surface area contributed by atoms with Crippen molar-refractivity contribution in [3.63, 3.8) is 0 Å². The summed E-state index contributed by atoms with van der Waals surface area (Å²) in [7, 11) is 0. The van der Waals surface area contributed by atoms with Gasteiger partial charge in [-0.05, 0) is 44.0 Å². The number of halogens is 1. The van der Waals surface area contributed by atoms with Crippen molar-refractivity contribution < 1.29 is 23.5 Å². The number of aromatic nitrogens is 1. The summed E-state index contributed by atoms with van der Waals surface area (Å²) in [4.78, 5) is 41.7. The number of carbonyl (C=O) groups excluding carboxylic acids is 3. The number of benzene rings is 1. The van der Waals surface area contributed by atoms with Gasteiger partial charge in [0.2, 0.25) is 5.91 Å². The number of amides is 1. The molecule has 1 heterocycles. The Labute approximate surface area is 163 Å². The Bertz CT molecular complexity index is 871. The van der Waals surface area contributed by atoms with E-state index in [0.717, 1.165) is 5.56 Å². The summed E-state index contributed by atoms with van der Waals surface area (Å²) in [5, 5.41) is 0. The minimum absolute atomic E-state index is 0.133. The smallest absolute Gasteiger partial charge is 0.355 e. The van der Waals surface area contributed by atoms with Crippen molar-refractivity contribution in [2.45, 2.75) is 40.7 Å². The first-order valence-electron chi connectivity index (χ1n) is 9.20. The van der Waals surface area contributed by atoms with Crippen LogP contribution in [0.5, 0.6) is 0 Å². The average molecular weight is 388 g/mol. The Morgan fingerprint density at radius 2 is 1.75 bits per heavy atom. The molecule has 1 aromatic carbocycles. The lowest BCUT2D eigenvalue weighted by Gasteiger charge is -2.22. The van der Waals surface area contributed by atoms with E-state index >= 15 is 0 Å². The van der Waals surface area contributed by atoms with E-state index in [4.69, 9.17) is 4.74 Å².